The maximum absolute atomic E-state index is 12.3. The zero-order chi connectivity index (χ0) is 16.0. The first-order chi connectivity index (χ1) is 11.1. The molecule has 3 aromatic rings. The van der Waals surface area contributed by atoms with Crippen LogP contribution in [-0.2, 0) is 13.0 Å². The summed E-state index contributed by atoms with van der Waals surface area (Å²) in [5.41, 5.74) is 4.23. The summed E-state index contributed by atoms with van der Waals surface area (Å²) in [7, 11) is 0. The molecule has 1 aromatic heterocycles. The van der Waals surface area contributed by atoms with Crippen molar-refractivity contribution in [2.45, 2.75) is 13.0 Å². The minimum absolute atomic E-state index is 0.197. The van der Waals surface area contributed by atoms with E-state index in [2.05, 4.69) is 4.98 Å². The molecule has 0 atom stereocenters. The van der Waals surface area contributed by atoms with Gasteiger partial charge in [0.1, 0.15) is 0 Å². The maximum atomic E-state index is 12.3. The van der Waals surface area contributed by atoms with Gasteiger partial charge in [-0.3, -0.25) is 4.57 Å². The highest BCUT2D eigenvalue weighted by molar-refractivity contribution is 5.77. The lowest BCUT2D eigenvalue weighted by Crippen LogP contribution is -2.34. The molecule has 2 N–H and O–H groups in total. The smallest absolute Gasteiger partial charge is 0.407 e. The summed E-state index contributed by atoms with van der Waals surface area (Å²) in [4.78, 5) is 27.7. The summed E-state index contributed by atoms with van der Waals surface area (Å²) < 4.78 is 1.62. The van der Waals surface area contributed by atoms with E-state index >= 15 is 0 Å². The van der Waals surface area contributed by atoms with Crippen LogP contribution in [0.5, 0.6) is 0 Å². The monoisotopic (exact) mass is 309 g/mol. The maximum Gasteiger partial charge on any atom is 0.407 e. The molecule has 6 nitrogen and oxygen atoms in total. The lowest BCUT2D eigenvalue weighted by atomic mass is 9.99. The van der Waals surface area contributed by atoms with Crippen molar-refractivity contribution in [3.63, 3.8) is 0 Å². The molecular formula is C17H15N3O3. The van der Waals surface area contributed by atoms with Gasteiger partial charge in [-0.25, -0.2) is 9.59 Å². The number of para-hydroxylation sites is 2. The van der Waals surface area contributed by atoms with E-state index in [9.17, 15) is 9.59 Å². The third-order valence-corrected chi connectivity index (χ3v) is 4.32. The first-order valence-electron chi connectivity index (χ1n) is 7.43. The molecule has 0 radical (unpaired) electrons. The van der Waals surface area contributed by atoms with Crippen LogP contribution in [0.3, 0.4) is 0 Å². The van der Waals surface area contributed by atoms with Gasteiger partial charge in [0, 0.05) is 13.1 Å². The van der Waals surface area contributed by atoms with Gasteiger partial charge in [-0.15, -0.1) is 0 Å². The molecule has 0 aliphatic carbocycles. The average molecular weight is 309 g/mol. The third-order valence-electron chi connectivity index (χ3n) is 4.32. The van der Waals surface area contributed by atoms with Gasteiger partial charge in [0.15, 0.2) is 0 Å². The van der Waals surface area contributed by atoms with Crippen molar-refractivity contribution in [2.24, 2.45) is 0 Å². The normalized spacial score (nSPS) is 14.0. The summed E-state index contributed by atoms with van der Waals surface area (Å²) in [5.74, 6) is 0. The van der Waals surface area contributed by atoms with Crippen molar-refractivity contribution in [1.82, 2.24) is 14.5 Å². The minimum atomic E-state index is -0.912. The molecule has 1 aliphatic heterocycles. The number of amides is 1. The number of carboxylic acid groups (broad SMARTS) is 1. The number of aromatic nitrogens is 2. The predicted molar refractivity (Wildman–Crippen MR) is 86.0 cm³/mol. The van der Waals surface area contributed by atoms with E-state index in [0.29, 0.717) is 19.5 Å². The van der Waals surface area contributed by atoms with Crippen LogP contribution in [0.25, 0.3) is 16.7 Å². The Morgan fingerprint density at radius 2 is 1.96 bits per heavy atom. The van der Waals surface area contributed by atoms with Gasteiger partial charge in [0.25, 0.3) is 0 Å². The average Bonchev–Trinajstić information content (AvgIpc) is 2.89. The van der Waals surface area contributed by atoms with E-state index in [1.807, 2.05) is 42.5 Å². The molecule has 116 valence electrons. The Morgan fingerprint density at radius 3 is 2.78 bits per heavy atom. The van der Waals surface area contributed by atoms with Gasteiger partial charge in [-0.1, -0.05) is 18.2 Å². The number of fused-ring (bicyclic) bond motifs is 2. The van der Waals surface area contributed by atoms with Crippen molar-refractivity contribution in [3.8, 4) is 5.69 Å². The highest BCUT2D eigenvalue weighted by Gasteiger charge is 2.20. The molecule has 4 rings (SSSR count). The Kier molecular flexibility index (Phi) is 2.97. The Labute approximate surface area is 131 Å². The molecule has 0 spiro atoms. The quantitative estimate of drug-likeness (QED) is 0.724. The van der Waals surface area contributed by atoms with E-state index in [1.165, 1.54) is 4.90 Å². The van der Waals surface area contributed by atoms with Gasteiger partial charge >= 0.3 is 11.8 Å². The number of aromatic amines is 1. The van der Waals surface area contributed by atoms with Crippen molar-refractivity contribution >= 4 is 17.1 Å². The molecule has 0 unspecified atom stereocenters. The van der Waals surface area contributed by atoms with E-state index in [-0.39, 0.29) is 5.69 Å². The van der Waals surface area contributed by atoms with Crippen LogP contribution in [0.1, 0.15) is 11.1 Å². The molecule has 23 heavy (non-hydrogen) atoms. The Balaban J connectivity index is 1.84. The number of rotatable bonds is 1. The van der Waals surface area contributed by atoms with Crippen molar-refractivity contribution in [2.75, 3.05) is 6.54 Å². The van der Waals surface area contributed by atoms with E-state index in [0.717, 1.165) is 27.8 Å². The zero-order valence-electron chi connectivity index (χ0n) is 12.3. The van der Waals surface area contributed by atoms with E-state index < -0.39 is 6.09 Å². The first-order valence-corrected chi connectivity index (χ1v) is 7.43. The Hall–Kier alpha value is -3.02. The van der Waals surface area contributed by atoms with Crippen LogP contribution in [0.4, 0.5) is 4.79 Å². The van der Waals surface area contributed by atoms with Crippen LogP contribution in [0.2, 0.25) is 0 Å². The number of hydrogen-bond donors (Lipinski definition) is 2. The third kappa shape index (κ3) is 2.19. The topological polar surface area (TPSA) is 78.3 Å². The van der Waals surface area contributed by atoms with Crippen molar-refractivity contribution in [1.29, 1.82) is 0 Å². The number of benzene rings is 2. The lowest BCUT2D eigenvalue weighted by molar-refractivity contribution is 0.140. The summed E-state index contributed by atoms with van der Waals surface area (Å²) in [6, 6.07) is 13.3. The van der Waals surface area contributed by atoms with Gasteiger partial charge in [0.05, 0.1) is 16.7 Å². The molecule has 0 fully saturated rings. The largest absolute Gasteiger partial charge is 0.465 e. The Bertz CT molecular complexity index is 971. The number of carbonyl (C=O) groups is 1. The SMILES string of the molecule is O=C(O)N1CCc2ccc(-n3c(=O)[nH]c4ccccc43)cc2C1. The molecule has 1 aliphatic rings. The van der Waals surface area contributed by atoms with Gasteiger partial charge in [0.2, 0.25) is 0 Å². The number of nitrogens with one attached hydrogen (secondary N) is 1. The summed E-state index contributed by atoms with van der Waals surface area (Å²) in [6.07, 6.45) is -0.213. The number of hydrogen-bond acceptors (Lipinski definition) is 2. The fourth-order valence-corrected chi connectivity index (χ4v) is 3.16. The zero-order valence-corrected chi connectivity index (χ0v) is 12.3. The highest BCUT2D eigenvalue weighted by atomic mass is 16.4. The van der Waals surface area contributed by atoms with Crippen LogP contribution < -0.4 is 5.69 Å². The molecule has 2 heterocycles. The van der Waals surface area contributed by atoms with Gasteiger partial charge in [-0.2, -0.15) is 0 Å². The van der Waals surface area contributed by atoms with Crippen LogP contribution in [0, 0.1) is 0 Å². The van der Waals surface area contributed by atoms with Crippen LogP contribution >= 0.6 is 0 Å². The van der Waals surface area contributed by atoms with Crippen LogP contribution in [0.15, 0.2) is 47.3 Å². The highest BCUT2D eigenvalue weighted by Crippen LogP contribution is 2.23. The second kappa shape index (κ2) is 5.01. The molecule has 0 saturated heterocycles. The van der Waals surface area contributed by atoms with E-state index in [4.69, 9.17) is 5.11 Å². The molecular weight excluding hydrogens is 294 g/mol. The second-order valence-corrected chi connectivity index (χ2v) is 5.69. The summed E-state index contributed by atoms with van der Waals surface area (Å²) >= 11 is 0. The van der Waals surface area contributed by atoms with Gasteiger partial charge < -0.3 is 15.0 Å². The van der Waals surface area contributed by atoms with Crippen molar-refractivity contribution in [3.05, 3.63) is 64.1 Å². The Morgan fingerprint density at radius 1 is 1.13 bits per heavy atom. The lowest BCUT2D eigenvalue weighted by Gasteiger charge is -2.26. The summed E-state index contributed by atoms with van der Waals surface area (Å²) in [6.45, 7) is 0.865. The number of nitrogens with zero attached hydrogens (tertiary/aromatic N) is 2. The molecule has 6 heteroatoms. The van der Waals surface area contributed by atoms with E-state index in [1.54, 1.807) is 4.57 Å². The van der Waals surface area contributed by atoms with Crippen molar-refractivity contribution < 1.29 is 9.90 Å². The first kappa shape index (κ1) is 13.6. The number of imidazole rings is 1. The molecule has 0 saturated carbocycles. The summed E-state index contributed by atoms with van der Waals surface area (Å²) in [5, 5.41) is 9.17. The predicted octanol–water partition coefficient (Wildman–Crippen LogP) is 2.35. The standard InChI is InChI=1S/C17H15N3O3/c21-16-18-14-3-1-2-4-15(14)20(16)13-6-5-11-7-8-19(17(22)23)10-12(11)9-13/h1-6,9H,7-8,10H2,(H,18,21)(H,22,23). The van der Waals surface area contributed by atoms with Gasteiger partial charge in [-0.05, 0) is 41.8 Å². The molecule has 2 aromatic carbocycles. The molecule has 1 amide bonds. The number of H-pyrrole nitrogens is 1. The fourth-order valence-electron chi connectivity index (χ4n) is 3.16. The van der Waals surface area contributed by atoms with Crippen LogP contribution in [-0.4, -0.2) is 32.2 Å². The minimum Gasteiger partial charge on any atom is -0.465 e. The fraction of sp³-hybridized carbons (Fsp3) is 0.176. The molecule has 0 bridgehead atoms. The second-order valence-electron chi connectivity index (χ2n) is 5.69.